The van der Waals surface area contributed by atoms with Gasteiger partial charge in [0.05, 0.1) is 5.56 Å². The molecule has 20 heavy (non-hydrogen) atoms. The number of rotatable bonds is 5. The molecule has 1 aromatic heterocycles. The van der Waals surface area contributed by atoms with Crippen LogP contribution in [0.4, 0.5) is 5.82 Å². The third-order valence-electron chi connectivity index (χ3n) is 2.75. The zero-order chi connectivity index (χ0) is 14.5. The van der Waals surface area contributed by atoms with Crippen molar-refractivity contribution in [1.29, 1.82) is 0 Å². The normalized spacial score (nSPS) is 10.1. The molecule has 3 N–H and O–H groups in total. The number of carbonyl (C=O) groups is 1. The van der Waals surface area contributed by atoms with Gasteiger partial charge in [0, 0.05) is 12.7 Å². The Kier molecular flexibility index (Phi) is 4.32. The predicted molar refractivity (Wildman–Crippen MR) is 79.4 cm³/mol. The van der Waals surface area contributed by atoms with Gasteiger partial charge in [0.2, 0.25) is 5.28 Å². The first-order chi connectivity index (χ1) is 9.61. The molecule has 0 fully saturated rings. The van der Waals surface area contributed by atoms with Crippen LogP contribution in [-0.4, -0.2) is 15.9 Å². The van der Waals surface area contributed by atoms with Crippen molar-refractivity contribution < 1.29 is 4.79 Å². The molecule has 0 spiro atoms. The van der Waals surface area contributed by atoms with Gasteiger partial charge >= 0.3 is 0 Å². The van der Waals surface area contributed by atoms with Crippen LogP contribution in [0, 0.1) is 0 Å². The molecule has 0 saturated heterocycles. The van der Waals surface area contributed by atoms with Gasteiger partial charge in [0.1, 0.15) is 5.82 Å². The molecule has 0 atom stereocenters. The number of nitrogens with one attached hydrogen (secondary N) is 1. The first kappa shape index (κ1) is 14.0. The number of amides is 1. The summed E-state index contributed by atoms with van der Waals surface area (Å²) in [6.07, 6.45) is 3.07. The van der Waals surface area contributed by atoms with E-state index < -0.39 is 5.91 Å². The molecule has 0 bridgehead atoms. The van der Waals surface area contributed by atoms with Gasteiger partial charge in [0.15, 0.2) is 0 Å². The second kappa shape index (κ2) is 6.16. The predicted octanol–water partition coefficient (Wildman–Crippen LogP) is 2.48. The van der Waals surface area contributed by atoms with Crippen molar-refractivity contribution in [2.75, 3.05) is 5.32 Å². The van der Waals surface area contributed by atoms with Crippen LogP contribution in [0.2, 0.25) is 5.28 Å². The molecule has 0 radical (unpaired) electrons. The fourth-order valence-corrected chi connectivity index (χ4v) is 1.88. The largest absolute Gasteiger partial charge is 0.365 e. The molecule has 2 aromatic rings. The number of nitrogens with zero attached hydrogens (tertiary/aromatic N) is 2. The fourth-order valence-electron chi connectivity index (χ4n) is 1.75. The van der Waals surface area contributed by atoms with Crippen molar-refractivity contribution in [2.24, 2.45) is 5.73 Å². The van der Waals surface area contributed by atoms with Gasteiger partial charge in [-0.15, -0.1) is 0 Å². The lowest BCUT2D eigenvalue weighted by Crippen LogP contribution is -2.16. The Bertz CT molecular complexity index is 657. The van der Waals surface area contributed by atoms with E-state index >= 15 is 0 Å². The number of benzene rings is 1. The molecule has 0 saturated carbocycles. The molecule has 1 aromatic carbocycles. The maximum Gasteiger partial charge on any atom is 0.254 e. The van der Waals surface area contributed by atoms with Gasteiger partial charge in [0.25, 0.3) is 5.91 Å². The Morgan fingerprint density at radius 1 is 1.45 bits per heavy atom. The number of nitrogens with two attached hydrogens (primary N) is 1. The Balaban J connectivity index is 2.24. The van der Waals surface area contributed by atoms with E-state index in [2.05, 4.69) is 21.9 Å². The number of halogens is 1. The van der Waals surface area contributed by atoms with Crippen molar-refractivity contribution in [2.45, 2.75) is 6.54 Å². The van der Waals surface area contributed by atoms with E-state index in [1.54, 1.807) is 6.08 Å². The lowest BCUT2D eigenvalue weighted by molar-refractivity contribution is 0.100. The van der Waals surface area contributed by atoms with E-state index in [1.807, 2.05) is 24.3 Å². The molecule has 5 nitrogen and oxygen atoms in total. The van der Waals surface area contributed by atoms with Crippen molar-refractivity contribution in [3.63, 3.8) is 0 Å². The summed E-state index contributed by atoms with van der Waals surface area (Å²) < 4.78 is 0. The zero-order valence-corrected chi connectivity index (χ0v) is 11.4. The molecule has 0 aliphatic rings. The Labute approximate surface area is 121 Å². The van der Waals surface area contributed by atoms with Crippen LogP contribution in [0.3, 0.4) is 0 Å². The van der Waals surface area contributed by atoms with Crippen LogP contribution < -0.4 is 11.1 Å². The summed E-state index contributed by atoms with van der Waals surface area (Å²) in [6.45, 7) is 4.23. The van der Waals surface area contributed by atoms with E-state index in [1.165, 1.54) is 6.20 Å². The van der Waals surface area contributed by atoms with Crippen LogP contribution in [0.5, 0.6) is 0 Å². The number of primary amides is 1. The number of carbonyl (C=O) groups excluding carboxylic acids is 1. The van der Waals surface area contributed by atoms with Gasteiger partial charge in [-0.25, -0.2) is 4.98 Å². The maximum atomic E-state index is 11.3. The standard InChI is InChI=1S/C14H13ClN4O/c1-2-9-5-3-4-6-10(9)7-17-13-11(12(16)20)8-18-14(15)19-13/h2-6,8H,1,7H2,(H2,16,20)(H,17,18,19). The topological polar surface area (TPSA) is 80.9 Å². The van der Waals surface area contributed by atoms with E-state index in [9.17, 15) is 4.79 Å². The maximum absolute atomic E-state index is 11.3. The second-order valence-electron chi connectivity index (χ2n) is 4.02. The van der Waals surface area contributed by atoms with Gasteiger partial charge in [-0.05, 0) is 22.7 Å². The number of hydrogen-bond donors (Lipinski definition) is 2. The van der Waals surface area contributed by atoms with Crippen molar-refractivity contribution >= 4 is 29.4 Å². The highest BCUT2D eigenvalue weighted by Gasteiger charge is 2.11. The van der Waals surface area contributed by atoms with Gasteiger partial charge in [-0.3, -0.25) is 4.79 Å². The minimum atomic E-state index is -0.610. The summed E-state index contributed by atoms with van der Waals surface area (Å²) >= 11 is 5.73. The van der Waals surface area contributed by atoms with Gasteiger partial charge < -0.3 is 11.1 Å². The average Bonchev–Trinajstić information content (AvgIpc) is 2.45. The highest BCUT2D eigenvalue weighted by Crippen LogP contribution is 2.16. The second-order valence-corrected chi connectivity index (χ2v) is 4.36. The fraction of sp³-hybridized carbons (Fsp3) is 0.0714. The molecule has 0 unspecified atom stereocenters. The minimum absolute atomic E-state index is 0.0505. The summed E-state index contributed by atoms with van der Waals surface area (Å²) in [5.74, 6) is -0.294. The van der Waals surface area contributed by atoms with Crippen molar-refractivity contribution in [3.8, 4) is 0 Å². The monoisotopic (exact) mass is 288 g/mol. The third kappa shape index (κ3) is 3.13. The average molecular weight is 289 g/mol. The third-order valence-corrected chi connectivity index (χ3v) is 2.93. The minimum Gasteiger partial charge on any atom is -0.365 e. The highest BCUT2D eigenvalue weighted by molar-refractivity contribution is 6.28. The van der Waals surface area contributed by atoms with Crippen LogP contribution >= 0.6 is 11.6 Å². The van der Waals surface area contributed by atoms with Crippen molar-refractivity contribution in [3.05, 3.63) is 59.0 Å². The molecule has 0 aliphatic heterocycles. The molecule has 2 rings (SSSR count). The van der Waals surface area contributed by atoms with E-state index in [4.69, 9.17) is 17.3 Å². The quantitative estimate of drug-likeness (QED) is 0.828. The molecule has 1 heterocycles. The molecule has 0 aliphatic carbocycles. The van der Waals surface area contributed by atoms with E-state index in [0.29, 0.717) is 12.4 Å². The summed E-state index contributed by atoms with van der Waals surface area (Å²) in [5.41, 5.74) is 7.49. The summed E-state index contributed by atoms with van der Waals surface area (Å²) in [4.78, 5) is 19.0. The van der Waals surface area contributed by atoms with Crippen LogP contribution in [-0.2, 0) is 6.54 Å². The number of hydrogen-bond acceptors (Lipinski definition) is 4. The van der Waals surface area contributed by atoms with Crippen LogP contribution in [0.15, 0.2) is 37.0 Å². The molecular formula is C14H13ClN4O. The lowest BCUT2D eigenvalue weighted by Gasteiger charge is -2.10. The van der Waals surface area contributed by atoms with Crippen LogP contribution in [0.25, 0.3) is 6.08 Å². The first-order valence-electron chi connectivity index (χ1n) is 5.88. The summed E-state index contributed by atoms with van der Waals surface area (Å²) in [6, 6.07) is 7.76. The van der Waals surface area contributed by atoms with Crippen molar-refractivity contribution in [1.82, 2.24) is 9.97 Å². The van der Waals surface area contributed by atoms with E-state index in [-0.39, 0.29) is 10.8 Å². The van der Waals surface area contributed by atoms with Gasteiger partial charge in [-0.2, -0.15) is 4.98 Å². The number of anilines is 1. The summed E-state index contributed by atoms with van der Waals surface area (Å²) in [7, 11) is 0. The molecule has 102 valence electrons. The zero-order valence-electron chi connectivity index (χ0n) is 10.6. The Morgan fingerprint density at radius 2 is 2.20 bits per heavy atom. The first-order valence-corrected chi connectivity index (χ1v) is 6.26. The van der Waals surface area contributed by atoms with Gasteiger partial charge in [-0.1, -0.05) is 36.9 Å². The SMILES string of the molecule is C=Cc1ccccc1CNc1nc(Cl)ncc1C(N)=O. The smallest absolute Gasteiger partial charge is 0.254 e. The Morgan fingerprint density at radius 3 is 2.90 bits per heavy atom. The van der Waals surface area contributed by atoms with Crippen LogP contribution in [0.1, 0.15) is 21.5 Å². The molecule has 6 heteroatoms. The molecular weight excluding hydrogens is 276 g/mol. The Hall–Kier alpha value is -2.40. The molecule has 1 amide bonds. The lowest BCUT2D eigenvalue weighted by atomic mass is 10.1. The highest BCUT2D eigenvalue weighted by atomic mass is 35.5. The number of aromatic nitrogens is 2. The van der Waals surface area contributed by atoms with E-state index in [0.717, 1.165) is 11.1 Å². The summed E-state index contributed by atoms with van der Waals surface area (Å²) in [5, 5.41) is 3.09.